The summed E-state index contributed by atoms with van der Waals surface area (Å²) >= 11 is 0. The number of rotatable bonds is 6. The van der Waals surface area contributed by atoms with E-state index in [4.69, 9.17) is 0 Å². The molecule has 0 atom stereocenters. The molecule has 4 rings (SSSR count). The highest BCUT2D eigenvalue weighted by molar-refractivity contribution is 5.58. The fourth-order valence-electron chi connectivity index (χ4n) is 5.94. The molecule has 132 valence electrons. The van der Waals surface area contributed by atoms with Crippen LogP contribution >= 0.6 is 0 Å². The molecule has 0 radical (unpaired) electrons. The summed E-state index contributed by atoms with van der Waals surface area (Å²) in [6, 6.07) is 0. The van der Waals surface area contributed by atoms with Gasteiger partial charge in [0.2, 0.25) is 0 Å². The molecule has 0 bridgehead atoms. The molecule has 0 heterocycles. The zero-order valence-electron chi connectivity index (χ0n) is 15.6. The maximum Gasteiger partial charge on any atom is -0.0242 e. The van der Waals surface area contributed by atoms with Crippen molar-refractivity contribution in [3.8, 4) is 0 Å². The molecule has 0 aromatic carbocycles. The molecule has 0 aliphatic heterocycles. The second-order valence-corrected chi connectivity index (χ2v) is 9.22. The maximum absolute atomic E-state index is 4.60. The summed E-state index contributed by atoms with van der Waals surface area (Å²) in [5, 5.41) is 0. The molecule has 0 heteroatoms. The van der Waals surface area contributed by atoms with Gasteiger partial charge in [-0.2, -0.15) is 0 Å². The van der Waals surface area contributed by atoms with Gasteiger partial charge in [0, 0.05) is 0 Å². The predicted octanol–water partition coefficient (Wildman–Crippen LogP) is 7.52. The van der Waals surface area contributed by atoms with Crippen molar-refractivity contribution in [2.45, 2.75) is 96.3 Å². The lowest BCUT2D eigenvalue weighted by Crippen LogP contribution is -2.02. The molecule has 0 unspecified atom stereocenters. The van der Waals surface area contributed by atoms with E-state index in [0.717, 1.165) is 17.8 Å². The highest BCUT2D eigenvalue weighted by Crippen LogP contribution is 2.45. The molecule has 4 aliphatic rings. The molecule has 3 fully saturated rings. The minimum Gasteiger partial charge on any atom is -0.0912 e. The van der Waals surface area contributed by atoms with E-state index in [9.17, 15) is 0 Å². The predicted molar refractivity (Wildman–Crippen MR) is 104 cm³/mol. The van der Waals surface area contributed by atoms with Gasteiger partial charge in [0.05, 0.1) is 0 Å². The molecule has 0 aromatic rings. The topological polar surface area (TPSA) is 0 Å². The second kappa shape index (κ2) is 7.63. The summed E-state index contributed by atoms with van der Waals surface area (Å²) in [5.41, 5.74) is 6.50. The Balaban J connectivity index is 1.48. The van der Waals surface area contributed by atoms with E-state index >= 15 is 0 Å². The van der Waals surface area contributed by atoms with Crippen molar-refractivity contribution in [1.82, 2.24) is 0 Å². The van der Waals surface area contributed by atoms with Crippen LogP contribution in [0.3, 0.4) is 0 Å². The van der Waals surface area contributed by atoms with Crippen molar-refractivity contribution in [3.63, 3.8) is 0 Å². The van der Waals surface area contributed by atoms with E-state index in [-0.39, 0.29) is 0 Å². The van der Waals surface area contributed by atoms with Gasteiger partial charge in [0.1, 0.15) is 0 Å². The maximum atomic E-state index is 4.60. The van der Waals surface area contributed by atoms with Crippen LogP contribution in [0, 0.1) is 17.8 Å². The summed E-state index contributed by atoms with van der Waals surface area (Å²) < 4.78 is 0. The lowest BCUT2D eigenvalue weighted by molar-refractivity contribution is 0.528. The summed E-state index contributed by atoms with van der Waals surface area (Å²) in [5.74, 6) is 2.87. The Labute approximate surface area is 149 Å². The normalized spacial score (nSPS) is 27.0. The minimum absolute atomic E-state index is 0.951. The van der Waals surface area contributed by atoms with Gasteiger partial charge < -0.3 is 0 Å². The Kier molecular flexibility index (Phi) is 5.30. The molecule has 0 nitrogen and oxygen atoms in total. The smallest absolute Gasteiger partial charge is 0.0242 e. The van der Waals surface area contributed by atoms with Crippen molar-refractivity contribution in [2.75, 3.05) is 0 Å². The first-order valence-electron chi connectivity index (χ1n) is 10.9. The van der Waals surface area contributed by atoms with Crippen LogP contribution < -0.4 is 0 Å². The zero-order valence-corrected chi connectivity index (χ0v) is 15.6. The third-order valence-corrected chi connectivity index (χ3v) is 7.42. The Morgan fingerprint density at radius 2 is 1.12 bits per heavy atom. The van der Waals surface area contributed by atoms with Crippen molar-refractivity contribution in [1.29, 1.82) is 0 Å². The summed E-state index contributed by atoms with van der Waals surface area (Å²) in [6.07, 6.45) is 24.2. The third-order valence-electron chi connectivity index (χ3n) is 7.42. The lowest BCUT2D eigenvalue weighted by Gasteiger charge is -2.17. The minimum atomic E-state index is 0.951. The van der Waals surface area contributed by atoms with Crippen LogP contribution in [0.5, 0.6) is 0 Å². The van der Waals surface area contributed by atoms with Crippen LogP contribution in [0.15, 0.2) is 34.9 Å². The number of hydrogen-bond acceptors (Lipinski definition) is 0. The average Bonchev–Trinajstić information content (AvgIpc) is 3.34. The molecule has 3 saturated carbocycles. The monoisotopic (exact) mass is 324 g/mol. The van der Waals surface area contributed by atoms with Crippen molar-refractivity contribution >= 4 is 0 Å². The molecule has 4 aliphatic carbocycles. The summed E-state index contributed by atoms with van der Waals surface area (Å²) in [4.78, 5) is 0. The molecular weight excluding hydrogens is 288 g/mol. The van der Waals surface area contributed by atoms with Crippen LogP contribution in [0.4, 0.5) is 0 Å². The Hall–Kier alpha value is -0.780. The average molecular weight is 325 g/mol. The van der Waals surface area contributed by atoms with Gasteiger partial charge in [-0.05, 0) is 59.3 Å². The van der Waals surface area contributed by atoms with Gasteiger partial charge in [0.25, 0.3) is 0 Å². The lowest BCUT2D eigenvalue weighted by atomic mass is 9.88. The Morgan fingerprint density at radius 1 is 0.667 bits per heavy atom. The SMILES string of the molecule is C=C1C(CC2CCCC2)=CC(CC2CCCC2)=C1CC1CCCC1. The summed E-state index contributed by atoms with van der Waals surface area (Å²) in [6.45, 7) is 4.60. The Bertz CT molecular complexity index is 514. The fourth-order valence-corrected chi connectivity index (χ4v) is 5.94. The van der Waals surface area contributed by atoms with Crippen LogP contribution in [0.25, 0.3) is 0 Å². The van der Waals surface area contributed by atoms with E-state index in [1.807, 2.05) is 0 Å². The molecular formula is C24H36. The van der Waals surface area contributed by atoms with Gasteiger partial charge >= 0.3 is 0 Å². The second-order valence-electron chi connectivity index (χ2n) is 9.22. The van der Waals surface area contributed by atoms with Gasteiger partial charge in [-0.1, -0.05) is 89.7 Å². The van der Waals surface area contributed by atoms with Gasteiger partial charge in [-0.25, -0.2) is 0 Å². The molecule has 24 heavy (non-hydrogen) atoms. The standard InChI is InChI=1S/C24H36/c1-18-22(14-19-8-2-3-9-19)17-23(15-20-10-4-5-11-20)24(18)16-21-12-6-7-13-21/h17,19-21H,1-16H2. The van der Waals surface area contributed by atoms with Crippen molar-refractivity contribution < 1.29 is 0 Å². The summed E-state index contributed by atoms with van der Waals surface area (Å²) in [7, 11) is 0. The largest absolute Gasteiger partial charge is 0.0912 e. The zero-order chi connectivity index (χ0) is 16.4. The van der Waals surface area contributed by atoms with Crippen LogP contribution in [-0.2, 0) is 0 Å². The van der Waals surface area contributed by atoms with Gasteiger partial charge in [0.15, 0.2) is 0 Å². The van der Waals surface area contributed by atoms with E-state index in [1.54, 1.807) is 16.7 Å². The van der Waals surface area contributed by atoms with Crippen molar-refractivity contribution in [2.24, 2.45) is 17.8 Å². The Morgan fingerprint density at radius 3 is 1.67 bits per heavy atom. The highest BCUT2D eigenvalue weighted by atomic mass is 14.3. The van der Waals surface area contributed by atoms with E-state index < -0.39 is 0 Å². The van der Waals surface area contributed by atoms with Gasteiger partial charge in [-0.3, -0.25) is 0 Å². The molecule has 0 amide bonds. The first-order chi connectivity index (χ1) is 11.8. The van der Waals surface area contributed by atoms with Gasteiger partial charge in [-0.15, -0.1) is 0 Å². The van der Waals surface area contributed by atoms with Crippen LogP contribution in [0.2, 0.25) is 0 Å². The van der Waals surface area contributed by atoms with E-state index in [0.29, 0.717) is 0 Å². The van der Waals surface area contributed by atoms with Crippen LogP contribution in [-0.4, -0.2) is 0 Å². The van der Waals surface area contributed by atoms with E-state index in [1.165, 1.54) is 102 Å². The quantitative estimate of drug-likeness (QED) is 0.474. The van der Waals surface area contributed by atoms with E-state index in [2.05, 4.69) is 12.7 Å². The highest BCUT2D eigenvalue weighted by Gasteiger charge is 2.28. The first kappa shape index (κ1) is 16.7. The molecule has 0 spiro atoms. The number of hydrogen-bond donors (Lipinski definition) is 0. The third kappa shape index (κ3) is 3.73. The van der Waals surface area contributed by atoms with Crippen LogP contribution in [0.1, 0.15) is 96.3 Å². The molecule has 0 aromatic heterocycles. The molecule has 0 saturated heterocycles. The number of allylic oxidation sites excluding steroid dienone is 5. The first-order valence-corrected chi connectivity index (χ1v) is 10.9. The fraction of sp³-hybridized carbons (Fsp3) is 0.750. The molecule has 0 N–H and O–H groups in total. The van der Waals surface area contributed by atoms with Crippen molar-refractivity contribution in [3.05, 3.63) is 34.9 Å².